The zero-order valence-corrected chi connectivity index (χ0v) is 13.7. The molecule has 3 heterocycles. The first-order valence-corrected chi connectivity index (χ1v) is 7.77. The lowest BCUT2D eigenvalue weighted by molar-refractivity contribution is 0.102. The summed E-state index contributed by atoms with van der Waals surface area (Å²) in [6.07, 6.45) is 0. The van der Waals surface area contributed by atoms with E-state index < -0.39 is 5.91 Å². The summed E-state index contributed by atoms with van der Waals surface area (Å²) in [5, 5.41) is 8.34. The highest BCUT2D eigenvalue weighted by Gasteiger charge is 2.20. The summed E-state index contributed by atoms with van der Waals surface area (Å²) in [5.41, 5.74) is 1.82. The van der Waals surface area contributed by atoms with Crippen molar-refractivity contribution in [2.24, 2.45) is 7.05 Å². The number of hydrogen-bond acceptors (Lipinski definition) is 4. The van der Waals surface area contributed by atoms with Crippen molar-refractivity contribution >= 4 is 33.5 Å². The van der Waals surface area contributed by atoms with Gasteiger partial charge >= 0.3 is 0 Å². The number of aromatic nitrogens is 4. The summed E-state index contributed by atoms with van der Waals surface area (Å²) in [6, 6.07) is 12.6. The van der Waals surface area contributed by atoms with Gasteiger partial charge in [-0.25, -0.2) is 4.98 Å². The molecule has 0 bridgehead atoms. The van der Waals surface area contributed by atoms with Gasteiger partial charge in [-0.05, 0) is 25.1 Å². The van der Waals surface area contributed by atoms with E-state index in [1.807, 2.05) is 31.2 Å². The normalized spacial score (nSPS) is 11.1. The Morgan fingerprint density at radius 2 is 1.88 bits per heavy atom. The van der Waals surface area contributed by atoms with Gasteiger partial charge in [0.05, 0.1) is 5.52 Å². The Morgan fingerprint density at radius 3 is 2.64 bits per heavy atom. The minimum Gasteiger partial charge on any atom is -0.318 e. The van der Waals surface area contributed by atoms with Gasteiger partial charge in [0, 0.05) is 23.5 Å². The molecule has 25 heavy (non-hydrogen) atoms. The number of rotatable bonds is 2. The van der Waals surface area contributed by atoms with E-state index in [9.17, 15) is 9.59 Å². The average molecular weight is 333 g/mol. The van der Waals surface area contributed by atoms with Gasteiger partial charge in [0.2, 0.25) is 0 Å². The van der Waals surface area contributed by atoms with Crippen molar-refractivity contribution in [3.8, 4) is 0 Å². The molecule has 7 nitrogen and oxygen atoms in total. The summed E-state index contributed by atoms with van der Waals surface area (Å²) in [7, 11) is 1.74. The van der Waals surface area contributed by atoms with Crippen LogP contribution in [0.15, 0.2) is 47.3 Å². The number of carbonyl (C=O) groups excluding carboxylic acids is 1. The van der Waals surface area contributed by atoms with Crippen LogP contribution in [-0.2, 0) is 7.05 Å². The maximum absolute atomic E-state index is 12.7. The van der Waals surface area contributed by atoms with Crippen molar-refractivity contribution in [2.75, 3.05) is 5.32 Å². The number of anilines is 1. The Bertz CT molecular complexity index is 1190. The largest absolute Gasteiger partial charge is 0.318 e. The first-order chi connectivity index (χ1) is 12.0. The average Bonchev–Trinajstić information content (AvgIpc) is 2.92. The summed E-state index contributed by atoms with van der Waals surface area (Å²) < 4.78 is 1.60. The van der Waals surface area contributed by atoms with E-state index in [4.69, 9.17) is 0 Å². The molecule has 3 aromatic heterocycles. The van der Waals surface area contributed by atoms with Gasteiger partial charge in [-0.3, -0.25) is 14.3 Å². The molecule has 4 rings (SSSR count). The van der Waals surface area contributed by atoms with E-state index in [1.165, 1.54) is 0 Å². The van der Waals surface area contributed by atoms with E-state index in [2.05, 4.69) is 20.4 Å². The molecule has 0 saturated heterocycles. The number of fused-ring (bicyclic) bond motifs is 3. The molecule has 7 heteroatoms. The van der Waals surface area contributed by atoms with Crippen LogP contribution in [0.1, 0.15) is 16.2 Å². The van der Waals surface area contributed by atoms with E-state index in [0.717, 1.165) is 11.1 Å². The molecule has 1 amide bonds. The van der Waals surface area contributed by atoms with E-state index in [0.29, 0.717) is 22.2 Å². The zero-order chi connectivity index (χ0) is 17.6. The monoisotopic (exact) mass is 333 g/mol. The third kappa shape index (κ3) is 2.46. The molecule has 4 aromatic rings. The molecule has 0 saturated carbocycles. The van der Waals surface area contributed by atoms with Crippen molar-refractivity contribution in [3.05, 3.63) is 64.2 Å². The smallest absolute Gasteiger partial charge is 0.279 e. The lowest BCUT2D eigenvalue weighted by atomic mass is 10.1. The van der Waals surface area contributed by atoms with E-state index >= 15 is 0 Å². The number of H-pyrrole nitrogens is 1. The van der Waals surface area contributed by atoms with Gasteiger partial charge in [-0.1, -0.05) is 24.3 Å². The molecule has 0 aliphatic heterocycles. The number of aryl methyl sites for hydroxylation is 2. The molecule has 0 atom stereocenters. The molecule has 0 radical (unpaired) electrons. The Balaban J connectivity index is 1.88. The Labute approximate surface area is 142 Å². The number of nitrogens with zero attached hydrogens (tertiary/aromatic N) is 3. The van der Waals surface area contributed by atoms with Gasteiger partial charge in [-0.15, -0.1) is 0 Å². The van der Waals surface area contributed by atoms with Gasteiger partial charge in [0.25, 0.3) is 11.5 Å². The lowest BCUT2D eigenvalue weighted by Gasteiger charge is -2.03. The van der Waals surface area contributed by atoms with Crippen molar-refractivity contribution in [2.45, 2.75) is 6.92 Å². The highest BCUT2D eigenvalue weighted by atomic mass is 16.2. The maximum Gasteiger partial charge on any atom is 0.279 e. The minimum absolute atomic E-state index is 0.156. The number of hydrogen-bond donors (Lipinski definition) is 2. The molecular formula is C18H15N5O2. The van der Waals surface area contributed by atoms with Crippen molar-refractivity contribution in [3.63, 3.8) is 0 Å². The quantitative estimate of drug-likeness (QED) is 0.589. The molecular weight excluding hydrogens is 318 g/mol. The summed E-state index contributed by atoms with van der Waals surface area (Å²) in [5.74, 6) is 0.0153. The topological polar surface area (TPSA) is 92.7 Å². The predicted octanol–water partition coefficient (Wildman–Crippen LogP) is 2.37. The lowest BCUT2D eigenvalue weighted by Crippen LogP contribution is -2.15. The van der Waals surface area contributed by atoms with Gasteiger partial charge in [0.15, 0.2) is 5.69 Å². The standard InChI is InChI=1S/C18H15N5O2/c1-10-6-5-9-13(19-10)20-18(25)15-14-16(23(2)22-15)11-7-3-4-8-12(11)17(24)21-14/h3-9H,1-2H3,(H,21,24)(H,19,20,25). The molecule has 2 N–H and O–H groups in total. The fourth-order valence-electron chi connectivity index (χ4n) is 2.97. The molecule has 124 valence electrons. The first kappa shape index (κ1) is 15.1. The third-order valence-corrected chi connectivity index (χ3v) is 4.06. The second kappa shape index (κ2) is 5.55. The van der Waals surface area contributed by atoms with Crippen LogP contribution in [0.3, 0.4) is 0 Å². The summed E-state index contributed by atoms with van der Waals surface area (Å²) in [6.45, 7) is 1.84. The molecule has 0 aliphatic carbocycles. The van der Waals surface area contributed by atoms with Crippen molar-refractivity contribution < 1.29 is 4.79 Å². The fourth-order valence-corrected chi connectivity index (χ4v) is 2.97. The molecule has 0 spiro atoms. The van der Waals surface area contributed by atoms with Crippen LogP contribution in [0.25, 0.3) is 21.8 Å². The van der Waals surface area contributed by atoms with Crippen LogP contribution in [-0.4, -0.2) is 25.7 Å². The van der Waals surface area contributed by atoms with Crippen LogP contribution in [0, 0.1) is 6.92 Å². The molecule has 1 aromatic carbocycles. The van der Waals surface area contributed by atoms with Crippen LogP contribution in [0.4, 0.5) is 5.82 Å². The van der Waals surface area contributed by atoms with Crippen molar-refractivity contribution in [1.82, 2.24) is 19.7 Å². The van der Waals surface area contributed by atoms with Crippen LogP contribution >= 0.6 is 0 Å². The SMILES string of the molecule is Cc1cccc(NC(=O)c2nn(C)c3c2[nH]c(=O)c2ccccc23)n1. The maximum atomic E-state index is 12.7. The van der Waals surface area contributed by atoms with Crippen molar-refractivity contribution in [1.29, 1.82) is 0 Å². The number of carbonyl (C=O) groups is 1. The number of pyridine rings is 2. The Kier molecular flexibility index (Phi) is 3.35. The van der Waals surface area contributed by atoms with E-state index in [1.54, 1.807) is 29.9 Å². The third-order valence-electron chi connectivity index (χ3n) is 4.06. The molecule has 0 unspecified atom stereocenters. The number of benzene rings is 1. The Morgan fingerprint density at radius 1 is 1.12 bits per heavy atom. The second-order valence-electron chi connectivity index (χ2n) is 5.81. The van der Waals surface area contributed by atoms with E-state index in [-0.39, 0.29) is 11.3 Å². The van der Waals surface area contributed by atoms with Gasteiger partial charge < -0.3 is 10.3 Å². The summed E-state index contributed by atoms with van der Waals surface area (Å²) in [4.78, 5) is 32.0. The number of aromatic amines is 1. The van der Waals surface area contributed by atoms with Gasteiger partial charge in [-0.2, -0.15) is 5.10 Å². The molecule has 0 aliphatic rings. The number of nitrogens with one attached hydrogen (secondary N) is 2. The number of amides is 1. The first-order valence-electron chi connectivity index (χ1n) is 7.77. The predicted molar refractivity (Wildman–Crippen MR) is 95.8 cm³/mol. The van der Waals surface area contributed by atoms with Crippen LogP contribution in [0.2, 0.25) is 0 Å². The second-order valence-corrected chi connectivity index (χ2v) is 5.81. The minimum atomic E-state index is -0.422. The van der Waals surface area contributed by atoms with Crippen LogP contribution in [0.5, 0.6) is 0 Å². The highest BCUT2D eigenvalue weighted by molar-refractivity contribution is 6.14. The highest BCUT2D eigenvalue weighted by Crippen LogP contribution is 2.23. The Hall–Kier alpha value is -3.48. The van der Waals surface area contributed by atoms with Crippen LogP contribution < -0.4 is 10.9 Å². The van der Waals surface area contributed by atoms with Gasteiger partial charge in [0.1, 0.15) is 11.3 Å². The zero-order valence-electron chi connectivity index (χ0n) is 13.7. The summed E-state index contributed by atoms with van der Waals surface area (Å²) >= 11 is 0. The fraction of sp³-hybridized carbons (Fsp3) is 0.111. The molecule has 0 fully saturated rings.